The Kier molecular flexibility index (Phi) is 4.22. The Morgan fingerprint density at radius 3 is 2.05 bits per heavy atom. The highest BCUT2D eigenvalue weighted by atomic mass is 35.5. The van der Waals surface area contributed by atoms with Gasteiger partial charge in [0.05, 0.1) is 35.5 Å². The van der Waals surface area contributed by atoms with Gasteiger partial charge < -0.3 is 9.47 Å². The molecule has 4 nitrogen and oxygen atoms in total. The van der Waals surface area contributed by atoms with Gasteiger partial charge in [-0.1, -0.05) is 46.4 Å². The fourth-order valence-corrected chi connectivity index (χ4v) is 4.35. The zero-order valence-electron chi connectivity index (χ0n) is 10.2. The van der Waals surface area contributed by atoms with E-state index in [-0.39, 0.29) is 22.0 Å². The Labute approximate surface area is 137 Å². The van der Waals surface area contributed by atoms with E-state index >= 15 is 0 Å². The van der Waals surface area contributed by atoms with Crippen LogP contribution in [-0.2, 0) is 10.8 Å². The summed E-state index contributed by atoms with van der Waals surface area (Å²) in [6.07, 6.45) is 0. The molecular weight excluding hydrogens is 370 g/mol. The van der Waals surface area contributed by atoms with Crippen molar-refractivity contribution >= 4 is 63.0 Å². The number of Topliss-reactive ketones (excluding diaryl/α,β-unsaturated/α-hetero) is 1. The van der Waals surface area contributed by atoms with E-state index in [1.54, 1.807) is 0 Å². The van der Waals surface area contributed by atoms with Crippen molar-refractivity contribution in [2.45, 2.75) is 12.9 Å². The molecule has 2 rings (SSSR count). The summed E-state index contributed by atoms with van der Waals surface area (Å²) in [5.41, 5.74) is -0.0490. The molecular formula is C11H8Cl4O4S. The molecule has 1 aromatic rings. The third-order valence-corrected chi connectivity index (χ3v) is 7.30. The average molecular weight is 378 g/mol. The molecule has 110 valence electrons. The van der Waals surface area contributed by atoms with Crippen LogP contribution in [0.25, 0.3) is 0 Å². The first kappa shape index (κ1) is 16.2. The number of carbonyl (C=O) groups is 1. The van der Waals surface area contributed by atoms with Gasteiger partial charge in [0.15, 0.2) is 0 Å². The second-order valence-corrected chi connectivity index (χ2v) is 8.52. The molecule has 0 bridgehead atoms. The van der Waals surface area contributed by atoms with Crippen molar-refractivity contribution in [2.24, 2.45) is 0 Å². The number of hydrogen-bond acceptors (Lipinski definition) is 4. The van der Waals surface area contributed by atoms with Gasteiger partial charge in [-0.15, -0.1) is 0 Å². The summed E-state index contributed by atoms with van der Waals surface area (Å²) >= 11 is 23.7. The van der Waals surface area contributed by atoms with Gasteiger partial charge in [-0.2, -0.15) is 0 Å². The first-order valence-corrected chi connectivity index (χ1v) is 7.83. The molecule has 1 unspecified atom stereocenters. The highest BCUT2D eigenvalue weighted by Gasteiger charge is 2.63. The largest absolute Gasteiger partial charge is 0.496 e. The molecule has 1 aliphatic rings. The van der Waals surface area contributed by atoms with E-state index in [2.05, 4.69) is 0 Å². The molecule has 1 heterocycles. The smallest absolute Gasteiger partial charge is 0.236 e. The molecule has 0 spiro atoms. The molecule has 0 amide bonds. The van der Waals surface area contributed by atoms with Crippen LogP contribution in [0.1, 0.15) is 10.4 Å². The first-order valence-electron chi connectivity index (χ1n) is 5.17. The van der Waals surface area contributed by atoms with Crippen molar-refractivity contribution in [3.05, 3.63) is 17.7 Å². The van der Waals surface area contributed by atoms with Crippen LogP contribution in [0.15, 0.2) is 17.0 Å². The zero-order chi connectivity index (χ0) is 15.3. The molecule has 0 saturated carbocycles. The first-order chi connectivity index (χ1) is 9.20. The highest BCUT2D eigenvalue weighted by Crippen LogP contribution is 2.56. The third kappa shape index (κ3) is 2.03. The lowest BCUT2D eigenvalue weighted by atomic mass is 10.1. The minimum atomic E-state index is -2.27. The lowest BCUT2D eigenvalue weighted by Crippen LogP contribution is -2.50. The van der Waals surface area contributed by atoms with E-state index in [1.807, 2.05) is 0 Å². The van der Waals surface area contributed by atoms with E-state index in [0.29, 0.717) is 0 Å². The van der Waals surface area contributed by atoms with Crippen LogP contribution in [0.3, 0.4) is 0 Å². The van der Waals surface area contributed by atoms with Gasteiger partial charge in [-0.25, -0.2) is 0 Å². The number of ether oxygens (including phenoxy) is 2. The average Bonchev–Trinajstić information content (AvgIpc) is 2.42. The summed E-state index contributed by atoms with van der Waals surface area (Å²) in [4.78, 5) is 12.5. The lowest BCUT2D eigenvalue weighted by Gasteiger charge is -2.36. The maximum Gasteiger partial charge on any atom is 0.236 e. The van der Waals surface area contributed by atoms with Crippen LogP contribution in [0.4, 0.5) is 0 Å². The van der Waals surface area contributed by atoms with Gasteiger partial charge >= 0.3 is 0 Å². The molecule has 0 radical (unpaired) electrons. The van der Waals surface area contributed by atoms with Crippen molar-refractivity contribution in [1.82, 2.24) is 0 Å². The quantitative estimate of drug-likeness (QED) is 0.742. The van der Waals surface area contributed by atoms with Crippen molar-refractivity contribution in [1.29, 1.82) is 0 Å². The Bertz CT molecular complexity index is 562. The van der Waals surface area contributed by atoms with E-state index in [0.717, 1.165) is 0 Å². The minimum Gasteiger partial charge on any atom is -0.496 e. The number of benzene rings is 1. The molecule has 0 N–H and O–H groups in total. The van der Waals surface area contributed by atoms with Crippen molar-refractivity contribution < 1.29 is 18.5 Å². The maximum absolute atomic E-state index is 12.5. The zero-order valence-corrected chi connectivity index (χ0v) is 14.0. The monoisotopic (exact) mass is 376 g/mol. The van der Waals surface area contributed by atoms with E-state index in [1.165, 1.54) is 26.4 Å². The molecule has 20 heavy (non-hydrogen) atoms. The van der Waals surface area contributed by atoms with Gasteiger partial charge in [0.1, 0.15) is 11.5 Å². The summed E-state index contributed by atoms with van der Waals surface area (Å²) in [7, 11) is 0.613. The second kappa shape index (κ2) is 5.21. The number of ketones is 1. The topological polar surface area (TPSA) is 52.6 Å². The molecule has 0 fully saturated rings. The predicted octanol–water partition coefficient (Wildman–Crippen LogP) is 3.31. The van der Waals surface area contributed by atoms with E-state index < -0.39 is 24.6 Å². The van der Waals surface area contributed by atoms with E-state index in [9.17, 15) is 9.00 Å². The summed E-state index contributed by atoms with van der Waals surface area (Å²) < 4.78 is 18.2. The molecule has 1 aliphatic heterocycles. The summed E-state index contributed by atoms with van der Waals surface area (Å²) in [5.74, 6) is -0.452. The fourth-order valence-electron chi connectivity index (χ4n) is 1.81. The number of carbonyl (C=O) groups excluding carboxylic acids is 1. The van der Waals surface area contributed by atoms with Crippen LogP contribution in [0.2, 0.25) is 0 Å². The standard InChI is InChI=1S/C11H8Cl4O4S/c1-18-5-3-4-6(19-2)8-7(5)9(16)10(12,13)11(14,15)20(8)17/h3-4H,1-2H3. The van der Waals surface area contributed by atoms with Crippen molar-refractivity contribution in [3.63, 3.8) is 0 Å². The van der Waals surface area contributed by atoms with Gasteiger partial charge in [0.2, 0.25) is 13.8 Å². The minimum absolute atomic E-state index is 0.0128. The number of fused-ring (bicyclic) bond motifs is 1. The fraction of sp³-hybridized carbons (Fsp3) is 0.364. The molecule has 1 atom stereocenters. The molecule has 0 saturated heterocycles. The van der Waals surface area contributed by atoms with Crippen LogP contribution >= 0.6 is 46.4 Å². The summed E-state index contributed by atoms with van der Waals surface area (Å²) in [6, 6.07) is 2.97. The summed E-state index contributed by atoms with van der Waals surface area (Å²) in [5, 5.41) is 0. The number of halogens is 4. The molecule has 9 heteroatoms. The molecule has 1 aromatic carbocycles. The maximum atomic E-state index is 12.5. The Hall–Kier alpha value is -0.200. The summed E-state index contributed by atoms with van der Waals surface area (Å²) in [6.45, 7) is 0. The number of methoxy groups -OCH3 is 2. The van der Waals surface area contributed by atoms with Crippen LogP contribution < -0.4 is 9.47 Å². The Morgan fingerprint density at radius 1 is 1.05 bits per heavy atom. The lowest BCUT2D eigenvalue weighted by molar-refractivity contribution is 0.0963. The Balaban J connectivity index is 2.88. The molecule has 0 aliphatic carbocycles. The van der Waals surface area contributed by atoms with Gasteiger partial charge in [-0.3, -0.25) is 9.00 Å². The van der Waals surface area contributed by atoms with Crippen molar-refractivity contribution in [2.75, 3.05) is 14.2 Å². The van der Waals surface area contributed by atoms with Gasteiger partial charge in [0, 0.05) is 0 Å². The van der Waals surface area contributed by atoms with E-state index in [4.69, 9.17) is 55.9 Å². The van der Waals surface area contributed by atoms with Gasteiger partial charge in [0.25, 0.3) is 0 Å². The number of alkyl halides is 4. The van der Waals surface area contributed by atoms with Crippen molar-refractivity contribution in [3.8, 4) is 11.5 Å². The van der Waals surface area contributed by atoms with Crippen LogP contribution in [-0.4, -0.2) is 32.2 Å². The third-order valence-electron chi connectivity index (χ3n) is 2.82. The Morgan fingerprint density at radius 2 is 1.55 bits per heavy atom. The number of hydrogen-bond donors (Lipinski definition) is 0. The number of rotatable bonds is 2. The van der Waals surface area contributed by atoms with Gasteiger partial charge in [-0.05, 0) is 12.1 Å². The SMILES string of the molecule is COc1ccc(OC)c2c1C(=O)C(Cl)(Cl)C(Cl)(Cl)S2=O. The second-order valence-electron chi connectivity index (χ2n) is 3.86. The predicted molar refractivity (Wildman–Crippen MR) is 79.2 cm³/mol. The van der Waals surface area contributed by atoms with Crippen LogP contribution in [0, 0.1) is 0 Å². The highest BCUT2D eigenvalue weighted by molar-refractivity contribution is 7.90. The molecule has 0 aromatic heterocycles. The normalized spacial score (nSPS) is 23.1. The van der Waals surface area contributed by atoms with Crippen LogP contribution in [0.5, 0.6) is 11.5 Å².